The molecule has 2 aromatic rings. The summed E-state index contributed by atoms with van der Waals surface area (Å²) >= 11 is 0. The SMILES string of the molecule is C[C@](O)(CCC(F)=C(F)F)CCS(=O)(=O)c1nnnn1-c1ccccc1. The normalized spacial score (nSPS) is 14.0. The van der Waals surface area contributed by atoms with E-state index >= 15 is 0 Å². The third-order valence-electron chi connectivity index (χ3n) is 3.72. The molecule has 11 heteroatoms. The van der Waals surface area contributed by atoms with Gasteiger partial charge in [-0.3, -0.25) is 0 Å². The van der Waals surface area contributed by atoms with Crippen molar-refractivity contribution >= 4 is 9.84 Å². The Labute approximate surface area is 148 Å². The molecule has 1 heterocycles. The van der Waals surface area contributed by atoms with Gasteiger partial charge in [0.1, 0.15) is 0 Å². The predicted octanol–water partition coefficient (Wildman–Crippen LogP) is 2.43. The maximum atomic E-state index is 12.9. The first-order valence-electron chi connectivity index (χ1n) is 7.61. The van der Waals surface area contributed by atoms with Gasteiger partial charge in [0.25, 0.3) is 5.16 Å². The summed E-state index contributed by atoms with van der Waals surface area (Å²) in [6.07, 6.45) is -3.78. The molecule has 0 aliphatic rings. The van der Waals surface area contributed by atoms with E-state index in [1.54, 1.807) is 30.3 Å². The molecule has 0 fully saturated rings. The van der Waals surface area contributed by atoms with E-state index in [1.807, 2.05) is 0 Å². The van der Waals surface area contributed by atoms with Crippen LogP contribution >= 0.6 is 0 Å². The number of tetrazole rings is 1. The molecule has 0 radical (unpaired) electrons. The highest BCUT2D eigenvalue weighted by Gasteiger charge is 2.29. The average molecular weight is 390 g/mol. The Balaban J connectivity index is 2.11. The van der Waals surface area contributed by atoms with E-state index in [0.29, 0.717) is 5.69 Å². The van der Waals surface area contributed by atoms with Gasteiger partial charge in [-0.15, -0.1) is 0 Å². The van der Waals surface area contributed by atoms with Crippen LogP contribution in [0.3, 0.4) is 0 Å². The summed E-state index contributed by atoms with van der Waals surface area (Å²) in [5, 5.41) is 20.3. The molecular formula is C15H17F3N4O3S. The van der Waals surface area contributed by atoms with Crippen molar-refractivity contribution in [2.45, 2.75) is 36.9 Å². The molecule has 1 N–H and O–H groups in total. The van der Waals surface area contributed by atoms with Crippen LogP contribution in [0.25, 0.3) is 5.69 Å². The third kappa shape index (κ3) is 5.11. The lowest BCUT2D eigenvalue weighted by Gasteiger charge is -2.22. The molecule has 0 saturated carbocycles. The van der Waals surface area contributed by atoms with Gasteiger partial charge in [-0.05, 0) is 42.3 Å². The van der Waals surface area contributed by atoms with Gasteiger partial charge >= 0.3 is 6.08 Å². The summed E-state index contributed by atoms with van der Waals surface area (Å²) in [6.45, 7) is 1.26. The summed E-state index contributed by atoms with van der Waals surface area (Å²) in [4.78, 5) is 0. The van der Waals surface area contributed by atoms with Crippen LogP contribution in [0, 0.1) is 0 Å². The van der Waals surface area contributed by atoms with Gasteiger partial charge in [0.2, 0.25) is 9.84 Å². The van der Waals surface area contributed by atoms with Crippen LogP contribution in [0.2, 0.25) is 0 Å². The Morgan fingerprint density at radius 2 is 1.85 bits per heavy atom. The third-order valence-corrected chi connectivity index (χ3v) is 5.27. The topological polar surface area (TPSA) is 98.0 Å². The molecule has 1 aromatic carbocycles. The fourth-order valence-electron chi connectivity index (χ4n) is 2.15. The molecule has 1 atom stereocenters. The van der Waals surface area contributed by atoms with Gasteiger partial charge in [-0.1, -0.05) is 23.3 Å². The number of aliphatic hydroxyl groups is 1. The van der Waals surface area contributed by atoms with Gasteiger partial charge in [-0.25, -0.2) is 12.8 Å². The highest BCUT2D eigenvalue weighted by atomic mass is 32.2. The molecule has 26 heavy (non-hydrogen) atoms. The molecule has 0 aliphatic heterocycles. The number of allylic oxidation sites excluding steroid dienone is 1. The highest BCUT2D eigenvalue weighted by molar-refractivity contribution is 7.91. The Morgan fingerprint density at radius 1 is 1.19 bits per heavy atom. The number of halogens is 3. The lowest BCUT2D eigenvalue weighted by Crippen LogP contribution is -2.28. The van der Waals surface area contributed by atoms with Crippen LogP contribution in [0.5, 0.6) is 0 Å². The van der Waals surface area contributed by atoms with Crippen molar-refractivity contribution in [2.75, 3.05) is 5.75 Å². The first kappa shape index (κ1) is 20.0. The van der Waals surface area contributed by atoms with Crippen molar-refractivity contribution in [3.63, 3.8) is 0 Å². The first-order chi connectivity index (χ1) is 12.1. The summed E-state index contributed by atoms with van der Waals surface area (Å²) < 4.78 is 63.1. The predicted molar refractivity (Wildman–Crippen MR) is 86.0 cm³/mol. The maximum absolute atomic E-state index is 12.9. The van der Waals surface area contributed by atoms with E-state index in [9.17, 15) is 26.7 Å². The number of hydrogen-bond donors (Lipinski definition) is 1. The second-order valence-electron chi connectivity index (χ2n) is 5.94. The van der Waals surface area contributed by atoms with Gasteiger partial charge in [0.15, 0.2) is 5.83 Å². The summed E-state index contributed by atoms with van der Waals surface area (Å²) in [7, 11) is -3.97. The molecule has 0 aliphatic carbocycles. The van der Waals surface area contributed by atoms with Crippen molar-refractivity contribution < 1.29 is 26.7 Å². The van der Waals surface area contributed by atoms with Crippen molar-refractivity contribution in [1.82, 2.24) is 20.2 Å². The van der Waals surface area contributed by atoms with E-state index in [2.05, 4.69) is 15.5 Å². The molecule has 1 aromatic heterocycles. The van der Waals surface area contributed by atoms with Crippen LogP contribution < -0.4 is 0 Å². The van der Waals surface area contributed by atoms with Crippen molar-refractivity contribution in [1.29, 1.82) is 0 Å². The average Bonchev–Trinajstić information content (AvgIpc) is 3.10. The second-order valence-corrected chi connectivity index (χ2v) is 7.94. The minimum Gasteiger partial charge on any atom is -0.390 e. The van der Waals surface area contributed by atoms with E-state index < -0.39 is 44.7 Å². The molecule has 0 spiro atoms. The Bertz CT molecular complexity index is 879. The van der Waals surface area contributed by atoms with Crippen LogP contribution in [-0.4, -0.2) is 45.1 Å². The highest BCUT2D eigenvalue weighted by Crippen LogP contribution is 2.25. The largest absolute Gasteiger partial charge is 0.390 e. The first-order valence-corrected chi connectivity index (χ1v) is 9.26. The van der Waals surface area contributed by atoms with Gasteiger partial charge in [0.05, 0.1) is 17.0 Å². The minimum atomic E-state index is -3.97. The number of aromatic nitrogens is 4. The van der Waals surface area contributed by atoms with Crippen molar-refractivity contribution in [3.05, 3.63) is 42.2 Å². The summed E-state index contributed by atoms with van der Waals surface area (Å²) in [6, 6.07) is 8.35. The molecule has 142 valence electrons. The summed E-state index contributed by atoms with van der Waals surface area (Å²) in [5.74, 6) is -2.16. The van der Waals surface area contributed by atoms with Crippen LogP contribution in [0.1, 0.15) is 26.2 Å². The number of para-hydroxylation sites is 1. The monoisotopic (exact) mass is 390 g/mol. The Kier molecular flexibility index (Phi) is 6.13. The second kappa shape index (κ2) is 7.96. The number of benzene rings is 1. The van der Waals surface area contributed by atoms with Gasteiger partial charge in [-0.2, -0.15) is 13.5 Å². The molecule has 0 unspecified atom stereocenters. The molecule has 7 nitrogen and oxygen atoms in total. The van der Waals surface area contributed by atoms with E-state index in [0.717, 1.165) is 4.68 Å². The minimum absolute atomic E-state index is 0.293. The molecular weight excluding hydrogens is 373 g/mol. The quantitative estimate of drug-likeness (QED) is 0.743. The van der Waals surface area contributed by atoms with Crippen molar-refractivity contribution in [3.8, 4) is 5.69 Å². The smallest absolute Gasteiger partial charge is 0.301 e. The van der Waals surface area contributed by atoms with Gasteiger partial charge < -0.3 is 5.11 Å². The molecule has 0 bridgehead atoms. The van der Waals surface area contributed by atoms with Crippen molar-refractivity contribution in [2.24, 2.45) is 0 Å². The van der Waals surface area contributed by atoms with E-state index in [-0.39, 0.29) is 12.8 Å². The summed E-state index contributed by atoms with van der Waals surface area (Å²) in [5.41, 5.74) is -1.21. The molecule has 0 saturated heterocycles. The fraction of sp³-hybridized carbons (Fsp3) is 0.400. The number of sulfone groups is 1. The van der Waals surface area contributed by atoms with E-state index in [4.69, 9.17) is 0 Å². The van der Waals surface area contributed by atoms with Crippen LogP contribution in [0.15, 0.2) is 47.4 Å². The molecule has 2 rings (SSSR count). The number of nitrogens with zero attached hydrogens (tertiary/aromatic N) is 4. The lowest BCUT2D eigenvalue weighted by molar-refractivity contribution is 0.0461. The Morgan fingerprint density at radius 3 is 2.46 bits per heavy atom. The fourth-order valence-corrected chi connectivity index (χ4v) is 3.61. The standard InChI is InChI=1S/C15H17F3N4O3S/c1-15(23,8-7-12(16)13(17)18)9-10-26(24,25)14-19-20-21-22(14)11-5-3-2-4-6-11/h2-6,23H,7-10H2,1H3/t15-/m0/s1. The zero-order valence-electron chi connectivity index (χ0n) is 13.8. The van der Waals surface area contributed by atoms with Gasteiger partial charge in [0, 0.05) is 6.42 Å². The maximum Gasteiger partial charge on any atom is 0.301 e. The zero-order chi connectivity index (χ0) is 19.4. The zero-order valence-corrected chi connectivity index (χ0v) is 14.6. The molecule has 0 amide bonds. The number of rotatable bonds is 8. The van der Waals surface area contributed by atoms with Crippen LogP contribution in [0.4, 0.5) is 13.2 Å². The van der Waals surface area contributed by atoms with Crippen LogP contribution in [-0.2, 0) is 9.84 Å². The van der Waals surface area contributed by atoms with E-state index in [1.165, 1.54) is 6.92 Å². The number of hydrogen-bond acceptors (Lipinski definition) is 6. The Hall–Kier alpha value is -2.27. The lowest BCUT2D eigenvalue weighted by atomic mass is 9.97.